The molecule has 0 aliphatic rings. The lowest BCUT2D eigenvalue weighted by atomic mass is 9.86. The van der Waals surface area contributed by atoms with E-state index in [0.717, 1.165) is 12.5 Å². The second-order valence-corrected chi connectivity index (χ2v) is 9.77. The number of ether oxygens (including phenoxy) is 1. The van der Waals surface area contributed by atoms with Crippen LogP contribution in [0.2, 0.25) is 0 Å². The standard InChI is InChI=1S/C26H29F4N3O7/c1-12(31-24(38)25(39)32-16-8-6-5-7-13(16)26(2,3)4)23(37)33-17(10-19(35)36)18(34)11-40-22-20(29)14(27)9-15(28)21(22)30/h5-9,12,17,19,35-36H,10-11H2,1-4H3,(H,31,38)(H,32,39)(H,33,37)/t12-,17-/m0/s1. The van der Waals surface area contributed by atoms with Gasteiger partial charge in [0.2, 0.25) is 17.5 Å². The summed E-state index contributed by atoms with van der Waals surface area (Å²) in [5.41, 5.74) is 0.755. The first-order chi connectivity index (χ1) is 18.5. The molecule has 0 saturated carbocycles. The van der Waals surface area contributed by atoms with Crippen molar-refractivity contribution in [2.75, 3.05) is 11.9 Å². The molecule has 10 nitrogen and oxygen atoms in total. The number of aliphatic hydroxyl groups is 2. The molecule has 218 valence electrons. The topological polar surface area (TPSA) is 154 Å². The number of rotatable bonds is 10. The molecule has 2 aromatic carbocycles. The molecule has 0 aromatic heterocycles. The van der Waals surface area contributed by atoms with Gasteiger partial charge in [-0.25, -0.2) is 8.78 Å². The van der Waals surface area contributed by atoms with E-state index in [4.69, 9.17) is 0 Å². The number of ketones is 1. The fourth-order valence-corrected chi connectivity index (χ4v) is 3.45. The summed E-state index contributed by atoms with van der Waals surface area (Å²) in [6.07, 6.45) is -2.96. The molecule has 3 amide bonds. The van der Waals surface area contributed by atoms with E-state index in [9.17, 15) is 47.0 Å². The summed E-state index contributed by atoms with van der Waals surface area (Å²) in [5.74, 6) is -13.4. The molecule has 0 fully saturated rings. The van der Waals surface area contributed by atoms with E-state index in [1.807, 2.05) is 20.8 Å². The number of anilines is 1. The summed E-state index contributed by atoms with van der Waals surface area (Å²) >= 11 is 0. The predicted molar refractivity (Wildman–Crippen MR) is 133 cm³/mol. The van der Waals surface area contributed by atoms with Gasteiger partial charge < -0.3 is 30.9 Å². The van der Waals surface area contributed by atoms with Crippen molar-refractivity contribution in [2.45, 2.75) is 57.9 Å². The Kier molecular flexibility index (Phi) is 10.7. The van der Waals surface area contributed by atoms with Crippen LogP contribution in [0.5, 0.6) is 5.75 Å². The highest BCUT2D eigenvalue weighted by Gasteiger charge is 2.29. The van der Waals surface area contributed by atoms with Gasteiger partial charge >= 0.3 is 11.8 Å². The van der Waals surface area contributed by atoms with Gasteiger partial charge in [-0.05, 0) is 24.0 Å². The van der Waals surface area contributed by atoms with Crippen molar-refractivity contribution in [2.24, 2.45) is 0 Å². The molecule has 0 aliphatic heterocycles. The first kappa shape index (κ1) is 32.2. The number of nitrogens with one attached hydrogen (secondary N) is 3. The van der Waals surface area contributed by atoms with E-state index in [2.05, 4.69) is 20.7 Å². The first-order valence-electron chi connectivity index (χ1n) is 11.9. The van der Waals surface area contributed by atoms with E-state index in [0.29, 0.717) is 5.69 Å². The van der Waals surface area contributed by atoms with E-state index in [1.54, 1.807) is 24.3 Å². The largest absolute Gasteiger partial charge is 0.479 e. The van der Waals surface area contributed by atoms with Crippen molar-refractivity contribution in [1.82, 2.24) is 10.6 Å². The summed E-state index contributed by atoms with van der Waals surface area (Å²) in [6.45, 7) is 5.64. The van der Waals surface area contributed by atoms with Gasteiger partial charge in [0.15, 0.2) is 29.5 Å². The summed E-state index contributed by atoms with van der Waals surface area (Å²) < 4.78 is 58.8. The highest BCUT2D eigenvalue weighted by atomic mass is 19.2. The molecule has 0 saturated heterocycles. The molecule has 0 unspecified atom stereocenters. The Labute approximate surface area is 226 Å². The number of amides is 3. The Morgan fingerprint density at radius 3 is 2.05 bits per heavy atom. The molecule has 0 radical (unpaired) electrons. The third-order valence-corrected chi connectivity index (χ3v) is 5.51. The average Bonchev–Trinajstić information content (AvgIpc) is 2.86. The van der Waals surface area contributed by atoms with Gasteiger partial charge in [-0.3, -0.25) is 19.2 Å². The second-order valence-electron chi connectivity index (χ2n) is 9.77. The normalized spacial score (nSPS) is 12.9. The summed E-state index contributed by atoms with van der Waals surface area (Å²) in [4.78, 5) is 49.9. The van der Waals surface area contributed by atoms with E-state index < -0.39 is 83.9 Å². The number of aliphatic hydroxyl groups excluding tert-OH is 1. The van der Waals surface area contributed by atoms with Crippen LogP contribution < -0.4 is 20.7 Å². The monoisotopic (exact) mass is 571 g/mol. The van der Waals surface area contributed by atoms with Crippen LogP contribution in [-0.2, 0) is 24.6 Å². The Hall–Kier alpha value is -4.04. The van der Waals surface area contributed by atoms with Crippen LogP contribution in [0.3, 0.4) is 0 Å². The van der Waals surface area contributed by atoms with Gasteiger partial charge in [0.25, 0.3) is 0 Å². The van der Waals surface area contributed by atoms with Crippen LogP contribution >= 0.6 is 0 Å². The Morgan fingerprint density at radius 2 is 1.50 bits per heavy atom. The lowest BCUT2D eigenvalue weighted by Gasteiger charge is -2.23. The number of halogens is 4. The quantitative estimate of drug-likeness (QED) is 0.126. The molecular weight excluding hydrogens is 542 g/mol. The highest BCUT2D eigenvalue weighted by molar-refractivity contribution is 6.40. The third-order valence-electron chi connectivity index (χ3n) is 5.51. The van der Waals surface area contributed by atoms with Crippen molar-refractivity contribution in [3.63, 3.8) is 0 Å². The third kappa shape index (κ3) is 8.48. The van der Waals surface area contributed by atoms with Gasteiger partial charge in [0, 0.05) is 18.2 Å². The van der Waals surface area contributed by atoms with Gasteiger partial charge in [0.1, 0.15) is 12.6 Å². The fourth-order valence-electron chi connectivity index (χ4n) is 3.45. The maximum Gasteiger partial charge on any atom is 0.313 e. The number of benzene rings is 2. The summed E-state index contributed by atoms with van der Waals surface area (Å²) in [5, 5.41) is 25.2. The summed E-state index contributed by atoms with van der Waals surface area (Å²) in [6, 6.07) is 3.56. The number of hydrogen-bond acceptors (Lipinski definition) is 7. The molecular formula is C26H29F4N3O7. The minimum atomic E-state index is -2.15. The molecule has 0 bridgehead atoms. The van der Waals surface area contributed by atoms with Gasteiger partial charge in [-0.2, -0.15) is 8.78 Å². The first-order valence-corrected chi connectivity index (χ1v) is 11.9. The van der Waals surface area contributed by atoms with Crippen LogP contribution in [0.1, 0.15) is 39.7 Å². The zero-order chi connectivity index (χ0) is 30.4. The molecule has 5 N–H and O–H groups in total. The molecule has 0 spiro atoms. The Morgan fingerprint density at radius 1 is 0.925 bits per heavy atom. The lowest BCUT2D eigenvalue weighted by molar-refractivity contribution is -0.138. The number of carbonyl (C=O) groups excluding carboxylic acids is 4. The van der Waals surface area contributed by atoms with Crippen molar-refractivity contribution in [3.05, 3.63) is 59.2 Å². The zero-order valence-electron chi connectivity index (χ0n) is 22.0. The minimum absolute atomic E-state index is 0.0657. The van der Waals surface area contributed by atoms with Gasteiger partial charge in [-0.15, -0.1) is 0 Å². The van der Waals surface area contributed by atoms with Crippen LogP contribution in [0, 0.1) is 23.3 Å². The van der Waals surface area contributed by atoms with Crippen molar-refractivity contribution in [3.8, 4) is 5.75 Å². The number of carbonyl (C=O) groups is 4. The predicted octanol–water partition coefficient (Wildman–Crippen LogP) is 1.82. The summed E-state index contributed by atoms with van der Waals surface area (Å²) in [7, 11) is 0. The molecule has 2 atom stereocenters. The maximum atomic E-state index is 13.8. The number of Topliss-reactive ketones (excluding diaryl/α,β-unsaturated/α-hetero) is 1. The van der Waals surface area contributed by atoms with Crippen LogP contribution in [0.25, 0.3) is 0 Å². The Bertz CT molecular complexity index is 1260. The molecule has 14 heteroatoms. The highest BCUT2D eigenvalue weighted by Crippen LogP contribution is 2.29. The number of hydrogen-bond donors (Lipinski definition) is 5. The molecule has 40 heavy (non-hydrogen) atoms. The molecule has 0 aliphatic carbocycles. The van der Waals surface area contributed by atoms with Gasteiger partial charge in [-0.1, -0.05) is 39.0 Å². The van der Waals surface area contributed by atoms with Crippen LogP contribution in [0.4, 0.5) is 23.2 Å². The zero-order valence-corrected chi connectivity index (χ0v) is 22.0. The smallest absolute Gasteiger partial charge is 0.313 e. The van der Waals surface area contributed by atoms with Crippen LogP contribution in [0.15, 0.2) is 30.3 Å². The van der Waals surface area contributed by atoms with E-state index in [-0.39, 0.29) is 11.5 Å². The van der Waals surface area contributed by atoms with Crippen molar-refractivity contribution >= 4 is 29.2 Å². The second kappa shape index (κ2) is 13.3. The molecule has 2 aromatic rings. The minimum Gasteiger partial charge on any atom is -0.479 e. The fraction of sp³-hybridized carbons (Fsp3) is 0.385. The molecule has 2 rings (SSSR count). The SMILES string of the molecule is C[C@H](NC(=O)C(=O)Nc1ccccc1C(C)(C)C)C(=O)N[C@@H](CC(O)O)C(=O)COc1c(F)c(F)cc(F)c1F. The number of para-hydroxylation sites is 1. The van der Waals surface area contributed by atoms with Crippen molar-refractivity contribution in [1.29, 1.82) is 0 Å². The van der Waals surface area contributed by atoms with Crippen LogP contribution in [-0.4, -0.2) is 58.7 Å². The van der Waals surface area contributed by atoms with Crippen molar-refractivity contribution < 1.29 is 51.7 Å². The Balaban J connectivity index is 2.05. The maximum absolute atomic E-state index is 13.8. The molecule has 0 heterocycles. The van der Waals surface area contributed by atoms with E-state index >= 15 is 0 Å². The van der Waals surface area contributed by atoms with Gasteiger partial charge in [0.05, 0.1) is 6.04 Å². The lowest BCUT2D eigenvalue weighted by Crippen LogP contribution is -2.53. The average molecular weight is 572 g/mol. The van der Waals surface area contributed by atoms with E-state index in [1.165, 1.54) is 0 Å².